The normalized spacial score (nSPS) is 12.4. The molecule has 1 radical (unpaired) electrons. The molecule has 1 N–H and O–H groups in total. The number of hydrogen-bond donors (Lipinski definition) is 1. The van der Waals surface area contributed by atoms with Gasteiger partial charge in [0.1, 0.15) is 0 Å². The number of aliphatic hydroxyl groups is 1. The molecule has 0 spiro atoms. The monoisotopic (exact) mass is 999 g/mol. The summed E-state index contributed by atoms with van der Waals surface area (Å²) in [7, 11) is 0. The van der Waals surface area contributed by atoms with Gasteiger partial charge in [-0.05, 0) is 76.3 Å². The smallest absolute Gasteiger partial charge is 0.466 e. The molecule has 0 fully saturated rings. The van der Waals surface area contributed by atoms with Gasteiger partial charge < -0.3 is 25.9 Å². The Hall–Kier alpha value is -0.504. The van der Waals surface area contributed by atoms with E-state index in [9.17, 15) is 14.7 Å². The van der Waals surface area contributed by atoms with Crippen molar-refractivity contribution in [1.82, 2.24) is 4.90 Å². The molecule has 0 aromatic rings. The maximum Gasteiger partial charge on any atom is 1.00 e. The Morgan fingerprint density at radius 2 is 0.828 bits per heavy atom. The van der Waals surface area contributed by atoms with Crippen molar-refractivity contribution >= 4 is 11.9 Å². The summed E-state index contributed by atoms with van der Waals surface area (Å²) in [5.74, 6) is 1.37. The summed E-state index contributed by atoms with van der Waals surface area (Å²) in [5, 5.41) is 9.22. The second-order valence-electron chi connectivity index (χ2n) is 17.6. The van der Waals surface area contributed by atoms with E-state index in [4.69, 9.17) is 9.47 Å². The van der Waals surface area contributed by atoms with Crippen LogP contribution in [-0.4, -0.2) is 61.4 Å². The largest absolute Gasteiger partial charge is 1.00 e. The summed E-state index contributed by atoms with van der Waals surface area (Å²) >= 11 is 0. The van der Waals surface area contributed by atoms with E-state index in [1.54, 1.807) is 0 Å². The first-order valence-electron chi connectivity index (χ1n) is 25.5. The second-order valence-corrected chi connectivity index (χ2v) is 17.6. The van der Waals surface area contributed by atoms with Crippen LogP contribution in [0.1, 0.15) is 259 Å². The standard InChI is InChI=1S/C51H100NO5.Os/c1-5-9-13-17-26-36-48(34-24-15-11-7-3)40-46-56-50(54)38-28-19-21-30-42-52(44-32-23-33-45-53)43-31-22-20-29-39-51(55)57-47-41-49(35-25-16-12-8-4)37-27-18-14-10-6-2;/h30,48-49,53H,5-29,31-47H2,1-4H3;/q-1;+1. The first kappa shape index (κ1) is 59.6. The van der Waals surface area contributed by atoms with Crippen LogP contribution < -0.4 is 0 Å². The third-order valence-corrected chi connectivity index (χ3v) is 12.1. The zero-order chi connectivity index (χ0) is 41.7. The van der Waals surface area contributed by atoms with E-state index in [-0.39, 0.29) is 38.3 Å². The molecule has 0 aliphatic rings. The number of ether oxygens (including phenoxy) is 2. The summed E-state index contributed by atoms with van der Waals surface area (Å²) in [6.07, 6.45) is 44.8. The van der Waals surface area contributed by atoms with Gasteiger partial charge in [-0.15, -0.1) is 6.54 Å². The third kappa shape index (κ3) is 43.6. The number of aliphatic hydroxyl groups excluding tert-OH is 1. The van der Waals surface area contributed by atoms with E-state index in [0.29, 0.717) is 37.9 Å². The minimum Gasteiger partial charge on any atom is -0.466 e. The van der Waals surface area contributed by atoms with Gasteiger partial charge in [0, 0.05) is 19.4 Å². The van der Waals surface area contributed by atoms with Gasteiger partial charge in [0.05, 0.1) is 13.2 Å². The minimum absolute atomic E-state index is 0. The van der Waals surface area contributed by atoms with E-state index in [0.717, 1.165) is 96.7 Å². The van der Waals surface area contributed by atoms with Gasteiger partial charge in [0.2, 0.25) is 0 Å². The summed E-state index contributed by atoms with van der Waals surface area (Å²) in [4.78, 5) is 27.5. The van der Waals surface area contributed by atoms with Crippen LogP contribution in [0.15, 0.2) is 0 Å². The predicted molar refractivity (Wildman–Crippen MR) is 246 cm³/mol. The first-order chi connectivity index (χ1) is 28.0. The van der Waals surface area contributed by atoms with Crippen LogP contribution in [0.4, 0.5) is 0 Å². The Labute approximate surface area is 375 Å². The Balaban J connectivity index is 0. The molecule has 0 aromatic heterocycles. The van der Waals surface area contributed by atoms with Crippen LogP contribution >= 0.6 is 0 Å². The van der Waals surface area contributed by atoms with E-state index in [2.05, 4.69) is 39.0 Å². The molecule has 0 saturated carbocycles. The number of unbranched alkanes of at least 4 members (excludes halogenated alkanes) is 22. The van der Waals surface area contributed by atoms with Crippen molar-refractivity contribution in [2.45, 2.75) is 259 Å². The number of esters is 2. The predicted octanol–water partition coefficient (Wildman–Crippen LogP) is 14.9. The van der Waals surface area contributed by atoms with Crippen molar-refractivity contribution in [3.63, 3.8) is 0 Å². The maximum absolute atomic E-state index is 12.5. The van der Waals surface area contributed by atoms with Crippen molar-refractivity contribution in [3.05, 3.63) is 6.42 Å². The average molecular weight is 998 g/mol. The fourth-order valence-corrected chi connectivity index (χ4v) is 8.19. The van der Waals surface area contributed by atoms with E-state index in [1.807, 2.05) is 0 Å². The molecule has 0 aliphatic heterocycles. The van der Waals surface area contributed by atoms with Crippen LogP contribution in [0.2, 0.25) is 0 Å². The topological polar surface area (TPSA) is 76.1 Å². The Kier molecular flexibility index (Phi) is 50.5. The number of hydrogen-bond acceptors (Lipinski definition) is 6. The van der Waals surface area contributed by atoms with E-state index < -0.39 is 0 Å². The van der Waals surface area contributed by atoms with E-state index >= 15 is 0 Å². The molecule has 0 saturated heterocycles. The molecule has 347 valence electrons. The summed E-state index contributed by atoms with van der Waals surface area (Å²) < 4.78 is 11.4. The number of nitrogens with zero attached hydrogens (tertiary/aromatic N) is 1. The molecule has 2 unspecified atom stereocenters. The van der Waals surface area contributed by atoms with Crippen LogP contribution in [0.25, 0.3) is 0 Å². The molecule has 7 heteroatoms. The number of carbonyl (C=O) groups is 2. The quantitative estimate of drug-likeness (QED) is 0.0372. The zero-order valence-corrected chi connectivity index (χ0v) is 41.9. The second kappa shape index (κ2) is 49.2. The summed E-state index contributed by atoms with van der Waals surface area (Å²) in [6.45, 7) is 13.7. The molecule has 0 aromatic carbocycles. The maximum atomic E-state index is 12.5. The van der Waals surface area contributed by atoms with Gasteiger partial charge in [0.25, 0.3) is 0 Å². The molecule has 0 amide bonds. The van der Waals surface area contributed by atoms with Crippen molar-refractivity contribution < 1.29 is 44.0 Å². The molecule has 0 aliphatic carbocycles. The van der Waals surface area contributed by atoms with Crippen LogP contribution in [0.3, 0.4) is 0 Å². The number of carbonyl (C=O) groups excluding carboxylic acids is 2. The fraction of sp³-hybridized carbons (Fsp3) is 0.941. The number of rotatable bonds is 47. The summed E-state index contributed by atoms with van der Waals surface area (Å²) in [6, 6.07) is 0. The van der Waals surface area contributed by atoms with Crippen molar-refractivity contribution in [1.29, 1.82) is 0 Å². The van der Waals surface area contributed by atoms with Gasteiger partial charge in [-0.25, -0.2) is 0 Å². The zero-order valence-electron chi connectivity index (χ0n) is 39.3. The SMILES string of the molecule is CCCCCCCC(CCCCCC)CCOC(=O)CCCC[CH-]CN(CCCCCO)CCCCCCC(=O)OCCC(CCCCCC)CCCCCCC.[Os+]. The Morgan fingerprint density at radius 3 is 1.26 bits per heavy atom. The minimum atomic E-state index is -0.0215. The molecule has 0 rings (SSSR count). The van der Waals surface area contributed by atoms with Crippen molar-refractivity contribution in [2.24, 2.45) is 11.8 Å². The molecule has 6 nitrogen and oxygen atoms in total. The average Bonchev–Trinajstić information content (AvgIpc) is 3.21. The molecular weight excluding hydrogens is 897 g/mol. The van der Waals surface area contributed by atoms with Gasteiger partial charge in [-0.3, -0.25) is 9.59 Å². The van der Waals surface area contributed by atoms with Gasteiger partial charge in [0.15, 0.2) is 0 Å². The van der Waals surface area contributed by atoms with Crippen LogP contribution in [0.5, 0.6) is 0 Å². The Morgan fingerprint density at radius 1 is 0.466 bits per heavy atom. The van der Waals surface area contributed by atoms with Gasteiger partial charge in [-0.1, -0.05) is 188 Å². The Bertz CT molecular complexity index is 769. The molecule has 0 bridgehead atoms. The fourth-order valence-electron chi connectivity index (χ4n) is 8.19. The van der Waals surface area contributed by atoms with Crippen LogP contribution in [-0.2, 0) is 38.9 Å². The third-order valence-electron chi connectivity index (χ3n) is 12.1. The van der Waals surface area contributed by atoms with Crippen molar-refractivity contribution in [2.75, 3.05) is 39.5 Å². The van der Waals surface area contributed by atoms with Gasteiger partial charge in [-0.2, -0.15) is 6.42 Å². The molecule has 0 heterocycles. The first-order valence-corrected chi connectivity index (χ1v) is 25.5. The summed E-state index contributed by atoms with van der Waals surface area (Å²) in [5.41, 5.74) is 0. The van der Waals surface area contributed by atoms with Crippen molar-refractivity contribution in [3.8, 4) is 0 Å². The van der Waals surface area contributed by atoms with Crippen LogP contribution in [0, 0.1) is 18.3 Å². The molecule has 2 atom stereocenters. The van der Waals surface area contributed by atoms with E-state index in [1.165, 1.54) is 141 Å². The van der Waals surface area contributed by atoms with Gasteiger partial charge >= 0.3 is 31.7 Å². The molecule has 58 heavy (non-hydrogen) atoms. The molecular formula is C51H100NO5Os.